The number of carboxylic acids is 1. The Morgan fingerprint density at radius 1 is 1.38 bits per heavy atom. The number of nitrogens with zero attached hydrogens (tertiary/aromatic N) is 1. The summed E-state index contributed by atoms with van der Waals surface area (Å²) in [5.41, 5.74) is 0.0615. The van der Waals surface area contributed by atoms with E-state index in [2.05, 4.69) is 4.99 Å². The highest BCUT2D eigenvalue weighted by Gasteiger charge is 2.42. The van der Waals surface area contributed by atoms with Crippen LogP contribution in [0.1, 0.15) is 38.2 Å². The third-order valence-electron chi connectivity index (χ3n) is 4.05. The van der Waals surface area contributed by atoms with Crippen molar-refractivity contribution in [2.24, 2.45) is 10.9 Å². The molecule has 0 bridgehead atoms. The Bertz CT molecular complexity index is 546. The molecule has 1 heterocycles. The van der Waals surface area contributed by atoms with Crippen molar-refractivity contribution in [2.45, 2.75) is 43.6 Å². The van der Waals surface area contributed by atoms with Crippen LogP contribution in [0.4, 0.5) is 5.69 Å². The first-order valence-corrected chi connectivity index (χ1v) is 7.64. The molecule has 21 heavy (non-hydrogen) atoms. The molecule has 1 aliphatic heterocycles. The number of halogens is 1. The van der Waals surface area contributed by atoms with Gasteiger partial charge in [0, 0.05) is 23.1 Å². The predicted octanol–water partition coefficient (Wildman–Crippen LogP) is 3.48. The lowest BCUT2D eigenvalue weighted by atomic mass is 9.78. The number of aliphatic carboxylic acids is 1. The van der Waals surface area contributed by atoms with Gasteiger partial charge in [-0.1, -0.05) is 25.1 Å². The van der Waals surface area contributed by atoms with Crippen molar-refractivity contribution >= 4 is 29.5 Å². The van der Waals surface area contributed by atoms with Crippen LogP contribution in [-0.4, -0.2) is 27.8 Å². The number of aliphatic hydroxyl groups is 1. The zero-order valence-electron chi connectivity index (χ0n) is 12.0. The van der Waals surface area contributed by atoms with E-state index in [9.17, 15) is 9.90 Å². The molecule has 0 saturated heterocycles. The van der Waals surface area contributed by atoms with E-state index in [0.717, 1.165) is 6.42 Å². The fraction of sp³-hybridized carbons (Fsp3) is 0.500. The maximum Gasteiger partial charge on any atom is 0.303 e. The lowest BCUT2D eigenvalue weighted by Gasteiger charge is -2.31. The molecule has 4 nitrogen and oxygen atoms in total. The minimum atomic E-state index is -1.32. The molecule has 3 unspecified atom stereocenters. The highest BCUT2D eigenvalue weighted by Crippen LogP contribution is 2.43. The molecule has 1 aliphatic rings. The summed E-state index contributed by atoms with van der Waals surface area (Å²) in [6, 6.07) is 7.29. The number of hydrogen-bond donors (Lipinski definition) is 2. The van der Waals surface area contributed by atoms with Crippen LogP contribution in [0.5, 0.6) is 0 Å². The SMILES string of the molecule is CCC(Cl)CCC(CC(=O)O)C1(O)C=Nc2ccccc21. The van der Waals surface area contributed by atoms with Crippen molar-refractivity contribution in [3.8, 4) is 0 Å². The quantitative estimate of drug-likeness (QED) is 0.758. The topological polar surface area (TPSA) is 69.9 Å². The van der Waals surface area contributed by atoms with Crippen LogP contribution in [0.2, 0.25) is 0 Å². The molecule has 114 valence electrons. The smallest absolute Gasteiger partial charge is 0.303 e. The van der Waals surface area contributed by atoms with Crippen molar-refractivity contribution in [1.82, 2.24) is 0 Å². The maximum absolute atomic E-state index is 11.1. The van der Waals surface area contributed by atoms with Crippen LogP contribution in [0.3, 0.4) is 0 Å². The molecule has 0 radical (unpaired) electrons. The van der Waals surface area contributed by atoms with E-state index in [1.807, 2.05) is 25.1 Å². The second-order valence-corrected chi connectivity index (χ2v) is 6.10. The second-order valence-electron chi connectivity index (χ2n) is 5.48. The second kappa shape index (κ2) is 6.58. The van der Waals surface area contributed by atoms with E-state index in [0.29, 0.717) is 24.1 Å². The molecule has 2 N–H and O–H groups in total. The summed E-state index contributed by atoms with van der Waals surface area (Å²) in [4.78, 5) is 15.4. The van der Waals surface area contributed by atoms with Gasteiger partial charge in [0.25, 0.3) is 0 Å². The number of carboxylic acid groups (broad SMARTS) is 1. The molecular weight excluding hydrogens is 290 g/mol. The van der Waals surface area contributed by atoms with E-state index in [-0.39, 0.29) is 11.8 Å². The molecule has 0 amide bonds. The van der Waals surface area contributed by atoms with E-state index >= 15 is 0 Å². The average Bonchev–Trinajstić information content (AvgIpc) is 2.82. The highest BCUT2D eigenvalue weighted by atomic mass is 35.5. The van der Waals surface area contributed by atoms with Crippen LogP contribution in [0.15, 0.2) is 29.3 Å². The number of fused-ring (bicyclic) bond motifs is 1. The Balaban J connectivity index is 2.24. The molecule has 5 heteroatoms. The summed E-state index contributed by atoms with van der Waals surface area (Å²) < 4.78 is 0. The molecule has 0 saturated carbocycles. The van der Waals surface area contributed by atoms with Gasteiger partial charge in [-0.2, -0.15) is 0 Å². The normalized spacial score (nSPS) is 22.8. The van der Waals surface area contributed by atoms with Crippen LogP contribution < -0.4 is 0 Å². The summed E-state index contributed by atoms with van der Waals surface area (Å²) in [6.07, 6.45) is 3.41. The summed E-state index contributed by atoms with van der Waals surface area (Å²) in [5, 5.41) is 20.1. The number of rotatable bonds is 7. The van der Waals surface area contributed by atoms with Gasteiger partial charge in [-0.3, -0.25) is 9.79 Å². The van der Waals surface area contributed by atoms with Crippen molar-refractivity contribution in [3.05, 3.63) is 29.8 Å². The highest BCUT2D eigenvalue weighted by molar-refractivity contribution is 6.20. The van der Waals surface area contributed by atoms with E-state index < -0.39 is 17.5 Å². The number of carbonyl (C=O) groups is 1. The summed E-state index contributed by atoms with van der Waals surface area (Å²) >= 11 is 6.14. The molecule has 3 atom stereocenters. The van der Waals surface area contributed by atoms with E-state index in [4.69, 9.17) is 16.7 Å². The van der Waals surface area contributed by atoms with Gasteiger partial charge < -0.3 is 10.2 Å². The van der Waals surface area contributed by atoms with Crippen molar-refractivity contribution in [3.63, 3.8) is 0 Å². The Labute approximate surface area is 129 Å². The summed E-state index contributed by atoms with van der Waals surface area (Å²) in [5.74, 6) is -1.36. The standard InChI is InChI=1S/C16H20ClNO3/c1-2-12(17)8-7-11(9-15(19)20)16(21)10-18-14-6-4-3-5-13(14)16/h3-6,10-12,21H,2,7-9H2,1H3,(H,19,20). The Kier molecular flexibility index (Phi) is 5.01. The van der Waals surface area contributed by atoms with Crippen LogP contribution >= 0.6 is 11.6 Å². The van der Waals surface area contributed by atoms with Gasteiger partial charge in [0.15, 0.2) is 0 Å². The van der Waals surface area contributed by atoms with Crippen molar-refractivity contribution in [1.29, 1.82) is 0 Å². The zero-order chi connectivity index (χ0) is 15.5. The minimum absolute atomic E-state index is 0.00141. The van der Waals surface area contributed by atoms with Gasteiger partial charge in [0.2, 0.25) is 0 Å². The molecule has 1 aromatic carbocycles. The molecule has 1 aromatic rings. The first-order chi connectivity index (χ1) is 9.97. The maximum atomic E-state index is 11.1. The van der Waals surface area contributed by atoms with E-state index in [1.165, 1.54) is 6.21 Å². The van der Waals surface area contributed by atoms with Gasteiger partial charge in [0.1, 0.15) is 5.60 Å². The van der Waals surface area contributed by atoms with Gasteiger partial charge in [-0.25, -0.2) is 0 Å². The molecule has 2 rings (SSSR count). The largest absolute Gasteiger partial charge is 0.481 e. The van der Waals surface area contributed by atoms with Crippen LogP contribution in [-0.2, 0) is 10.4 Å². The lowest BCUT2D eigenvalue weighted by molar-refractivity contribution is -0.140. The van der Waals surface area contributed by atoms with Gasteiger partial charge in [-0.05, 0) is 25.3 Å². The number of aliphatic imine (C=N–C) groups is 1. The minimum Gasteiger partial charge on any atom is -0.481 e. The Morgan fingerprint density at radius 3 is 2.76 bits per heavy atom. The number of para-hydroxylation sites is 1. The van der Waals surface area contributed by atoms with Gasteiger partial charge >= 0.3 is 5.97 Å². The van der Waals surface area contributed by atoms with Gasteiger partial charge in [0.05, 0.1) is 12.1 Å². The number of hydrogen-bond acceptors (Lipinski definition) is 3. The van der Waals surface area contributed by atoms with E-state index in [1.54, 1.807) is 6.07 Å². The fourth-order valence-electron chi connectivity index (χ4n) is 2.76. The first kappa shape index (κ1) is 16.0. The molecule has 0 spiro atoms. The van der Waals surface area contributed by atoms with Crippen LogP contribution in [0, 0.1) is 5.92 Å². The van der Waals surface area contributed by atoms with Crippen molar-refractivity contribution in [2.75, 3.05) is 0 Å². The molecule has 0 aliphatic carbocycles. The predicted molar refractivity (Wildman–Crippen MR) is 83.4 cm³/mol. The molecular formula is C16H20ClNO3. The number of benzene rings is 1. The third-order valence-corrected chi connectivity index (χ3v) is 4.58. The third kappa shape index (κ3) is 3.44. The summed E-state index contributed by atoms with van der Waals surface area (Å²) in [7, 11) is 0. The fourth-order valence-corrected chi connectivity index (χ4v) is 2.89. The van der Waals surface area contributed by atoms with Crippen molar-refractivity contribution < 1.29 is 15.0 Å². The number of alkyl halides is 1. The Hall–Kier alpha value is -1.39. The Morgan fingerprint density at radius 2 is 2.10 bits per heavy atom. The monoisotopic (exact) mass is 309 g/mol. The first-order valence-electron chi connectivity index (χ1n) is 7.20. The average molecular weight is 310 g/mol. The lowest BCUT2D eigenvalue weighted by Crippen LogP contribution is -2.36. The summed E-state index contributed by atoms with van der Waals surface area (Å²) in [6.45, 7) is 1.99. The molecule has 0 aromatic heterocycles. The molecule has 0 fully saturated rings. The zero-order valence-corrected chi connectivity index (χ0v) is 12.8. The van der Waals surface area contributed by atoms with Gasteiger partial charge in [-0.15, -0.1) is 11.6 Å². The van der Waals surface area contributed by atoms with Crippen LogP contribution in [0.25, 0.3) is 0 Å².